The molecule has 0 aliphatic rings. The van der Waals surface area contributed by atoms with E-state index >= 15 is 0 Å². The molecule has 0 atom stereocenters. The quantitative estimate of drug-likeness (QED) is 0.864. The SMILES string of the molecule is CCC(C)C.COC(=O)Nc1ccc2ccccc2n1.[HH]. The Kier molecular flexibility index (Phi) is 6.50. The molecule has 0 saturated carbocycles. The van der Waals surface area contributed by atoms with Crippen LogP contribution >= 0.6 is 0 Å². The number of hydrogen-bond acceptors (Lipinski definition) is 3. The third kappa shape index (κ3) is 5.26. The van der Waals surface area contributed by atoms with Crippen LogP contribution in [0.2, 0.25) is 0 Å². The molecular formula is C16H24N2O2. The molecular weight excluding hydrogens is 252 g/mol. The summed E-state index contributed by atoms with van der Waals surface area (Å²) in [6.07, 6.45) is 0.790. The molecule has 4 nitrogen and oxygen atoms in total. The summed E-state index contributed by atoms with van der Waals surface area (Å²) in [6.45, 7) is 6.64. The van der Waals surface area contributed by atoms with Crippen molar-refractivity contribution in [3.8, 4) is 0 Å². The molecule has 2 rings (SSSR count). The Morgan fingerprint density at radius 2 is 1.95 bits per heavy atom. The van der Waals surface area contributed by atoms with Gasteiger partial charge in [-0.05, 0) is 24.1 Å². The molecule has 1 aromatic carbocycles. The van der Waals surface area contributed by atoms with E-state index in [0.717, 1.165) is 16.8 Å². The van der Waals surface area contributed by atoms with Crippen molar-refractivity contribution in [2.45, 2.75) is 27.2 Å². The van der Waals surface area contributed by atoms with Gasteiger partial charge in [-0.3, -0.25) is 5.32 Å². The topological polar surface area (TPSA) is 51.2 Å². The van der Waals surface area contributed by atoms with Crippen LogP contribution < -0.4 is 5.32 Å². The van der Waals surface area contributed by atoms with Crippen LogP contribution in [0.4, 0.5) is 10.6 Å². The molecule has 0 unspecified atom stereocenters. The van der Waals surface area contributed by atoms with Gasteiger partial charge in [-0.15, -0.1) is 0 Å². The number of nitrogens with zero attached hydrogens (tertiary/aromatic N) is 1. The normalized spacial score (nSPS) is 9.85. The summed E-state index contributed by atoms with van der Waals surface area (Å²) in [7, 11) is 1.32. The van der Waals surface area contributed by atoms with E-state index in [9.17, 15) is 4.79 Å². The Bertz CT molecular complexity index is 559. The molecule has 2 aromatic rings. The number of amides is 1. The monoisotopic (exact) mass is 276 g/mol. The van der Waals surface area contributed by atoms with Gasteiger partial charge in [-0.1, -0.05) is 45.4 Å². The first kappa shape index (κ1) is 16.0. The van der Waals surface area contributed by atoms with Crippen molar-refractivity contribution in [2.75, 3.05) is 12.4 Å². The van der Waals surface area contributed by atoms with Crippen molar-refractivity contribution in [3.63, 3.8) is 0 Å². The molecule has 1 heterocycles. The average molecular weight is 276 g/mol. The summed E-state index contributed by atoms with van der Waals surface area (Å²) in [6, 6.07) is 11.3. The van der Waals surface area contributed by atoms with E-state index < -0.39 is 6.09 Å². The predicted octanol–water partition coefficient (Wildman–Crippen LogP) is 4.71. The summed E-state index contributed by atoms with van der Waals surface area (Å²) in [4.78, 5) is 15.2. The molecule has 0 fully saturated rings. The molecule has 0 bridgehead atoms. The lowest BCUT2D eigenvalue weighted by Gasteiger charge is -2.03. The van der Waals surface area contributed by atoms with Crippen LogP contribution in [0.1, 0.15) is 28.6 Å². The van der Waals surface area contributed by atoms with Crippen LogP contribution in [-0.4, -0.2) is 18.2 Å². The molecule has 1 amide bonds. The number of fused-ring (bicyclic) bond motifs is 1. The van der Waals surface area contributed by atoms with Crippen LogP contribution in [-0.2, 0) is 4.74 Å². The maximum Gasteiger partial charge on any atom is 0.412 e. The first-order valence-electron chi connectivity index (χ1n) is 6.77. The third-order valence-corrected chi connectivity index (χ3v) is 2.83. The van der Waals surface area contributed by atoms with Crippen molar-refractivity contribution < 1.29 is 11.0 Å². The summed E-state index contributed by atoms with van der Waals surface area (Å²) in [5, 5.41) is 3.55. The maximum absolute atomic E-state index is 10.9. The van der Waals surface area contributed by atoms with Gasteiger partial charge >= 0.3 is 6.09 Å². The number of methoxy groups -OCH3 is 1. The van der Waals surface area contributed by atoms with Crippen molar-refractivity contribution in [1.82, 2.24) is 4.98 Å². The second-order valence-electron chi connectivity index (χ2n) is 4.81. The van der Waals surface area contributed by atoms with E-state index in [0.29, 0.717) is 5.82 Å². The number of pyridine rings is 1. The predicted molar refractivity (Wildman–Crippen MR) is 85.0 cm³/mol. The number of carbonyl (C=O) groups excluding carboxylic acids is 1. The van der Waals surface area contributed by atoms with Gasteiger partial charge in [0.1, 0.15) is 5.82 Å². The fraction of sp³-hybridized carbons (Fsp3) is 0.375. The number of para-hydroxylation sites is 1. The highest BCUT2D eigenvalue weighted by molar-refractivity contribution is 5.86. The van der Waals surface area contributed by atoms with Gasteiger partial charge in [0.2, 0.25) is 0 Å². The van der Waals surface area contributed by atoms with E-state index in [1.807, 2.05) is 30.3 Å². The molecule has 1 N–H and O–H groups in total. The van der Waals surface area contributed by atoms with Gasteiger partial charge in [-0.25, -0.2) is 9.78 Å². The minimum atomic E-state index is -0.516. The largest absolute Gasteiger partial charge is 0.453 e. The van der Waals surface area contributed by atoms with Crippen molar-refractivity contribution in [2.24, 2.45) is 5.92 Å². The van der Waals surface area contributed by atoms with Gasteiger partial charge in [0.25, 0.3) is 0 Å². The maximum atomic E-state index is 10.9. The first-order valence-corrected chi connectivity index (χ1v) is 6.77. The highest BCUT2D eigenvalue weighted by Crippen LogP contribution is 2.14. The van der Waals surface area contributed by atoms with Gasteiger partial charge < -0.3 is 4.74 Å². The molecule has 4 heteroatoms. The van der Waals surface area contributed by atoms with E-state index in [-0.39, 0.29) is 1.43 Å². The third-order valence-electron chi connectivity index (χ3n) is 2.83. The summed E-state index contributed by atoms with van der Waals surface area (Å²) in [5.41, 5.74) is 0.839. The second-order valence-corrected chi connectivity index (χ2v) is 4.81. The van der Waals surface area contributed by atoms with Crippen LogP contribution in [0.5, 0.6) is 0 Å². The van der Waals surface area contributed by atoms with Crippen LogP contribution in [0, 0.1) is 5.92 Å². The minimum absolute atomic E-state index is 0. The zero-order valence-electron chi connectivity index (χ0n) is 12.5. The lowest BCUT2D eigenvalue weighted by molar-refractivity contribution is 0.187. The highest BCUT2D eigenvalue weighted by atomic mass is 16.5. The van der Waals surface area contributed by atoms with Gasteiger partial charge in [-0.2, -0.15) is 0 Å². The van der Waals surface area contributed by atoms with Crippen molar-refractivity contribution in [1.29, 1.82) is 0 Å². The van der Waals surface area contributed by atoms with E-state index in [4.69, 9.17) is 0 Å². The molecule has 0 radical (unpaired) electrons. The number of aromatic nitrogens is 1. The summed E-state index contributed by atoms with van der Waals surface area (Å²) < 4.78 is 4.48. The van der Waals surface area contributed by atoms with E-state index in [1.54, 1.807) is 6.07 Å². The Morgan fingerprint density at radius 3 is 2.55 bits per heavy atom. The van der Waals surface area contributed by atoms with Gasteiger partial charge in [0.15, 0.2) is 0 Å². The molecule has 110 valence electrons. The smallest absolute Gasteiger partial charge is 0.412 e. The van der Waals surface area contributed by atoms with Crippen molar-refractivity contribution >= 4 is 22.8 Å². The number of ether oxygens (including phenoxy) is 1. The van der Waals surface area contributed by atoms with Gasteiger partial charge in [0, 0.05) is 6.81 Å². The average Bonchev–Trinajstić information content (AvgIpc) is 2.47. The van der Waals surface area contributed by atoms with E-state index in [1.165, 1.54) is 13.5 Å². The standard InChI is InChI=1S/C11H10N2O2.C5H12.H2/c1-15-11(14)13-10-7-6-8-4-2-3-5-9(8)12-10;1-4-5(2)3;/h2-7H,1H3,(H,12,13,14);5H,4H2,1-3H3;1H. The Morgan fingerprint density at radius 1 is 1.30 bits per heavy atom. The van der Waals surface area contributed by atoms with Crippen LogP contribution in [0.25, 0.3) is 10.9 Å². The Hall–Kier alpha value is -2.10. The number of anilines is 1. The first-order chi connectivity index (χ1) is 9.56. The molecule has 20 heavy (non-hydrogen) atoms. The Balaban J connectivity index is 0.000000583. The number of hydrogen-bond donors (Lipinski definition) is 1. The van der Waals surface area contributed by atoms with Crippen LogP contribution in [0.15, 0.2) is 36.4 Å². The number of carbonyl (C=O) groups is 1. The zero-order chi connectivity index (χ0) is 15.0. The fourth-order valence-corrected chi connectivity index (χ4v) is 1.29. The number of nitrogens with one attached hydrogen (secondary N) is 1. The second kappa shape index (κ2) is 8.15. The lowest BCUT2D eigenvalue weighted by atomic mass is 10.2. The summed E-state index contributed by atoms with van der Waals surface area (Å²) >= 11 is 0. The molecule has 0 aliphatic heterocycles. The zero-order valence-corrected chi connectivity index (χ0v) is 12.5. The molecule has 0 saturated heterocycles. The summed E-state index contributed by atoms with van der Waals surface area (Å²) in [5.74, 6) is 1.37. The lowest BCUT2D eigenvalue weighted by Crippen LogP contribution is -2.11. The van der Waals surface area contributed by atoms with Crippen LogP contribution in [0.3, 0.4) is 0 Å². The number of rotatable bonds is 2. The fourth-order valence-electron chi connectivity index (χ4n) is 1.29. The van der Waals surface area contributed by atoms with E-state index in [2.05, 4.69) is 35.8 Å². The van der Waals surface area contributed by atoms with Gasteiger partial charge in [0.05, 0.1) is 12.6 Å². The molecule has 1 aromatic heterocycles. The number of benzene rings is 1. The molecule has 0 aliphatic carbocycles. The minimum Gasteiger partial charge on any atom is -0.453 e. The Labute approximate surface area is 121 Å². The molecule has 0 spiro atoms. The van der Waals surface area contributed by atoms with Crippen molar-refractivity contribution in [3.05, 3.63) is 36.4 Å². The highest BCUT2D eigenvalue weighted by Gasteiger charge is 2.02.